The Morgan fingerprint density at radius 1 is 1.80 bits per heavy atom. The molecule has 0 atom stereocenters. The largest absolute Gasteiger partial charge is 0.292 e. The van der Waals surface area contributed by atoms with Crippen LogP contribution in [0.2, 0.25) is 0 Å². The number of carbonyl (C=O) groups excluding carboxylic acids is 1. The van der Waals surface area contributed by atoms with E-state index in [2.05, 4.69) is 15.4 Å². The number of rotatable bonds is 3. The summed E-state index contributed by atoms with van der Waals surface area (Å²) in [7, 11) is 0. The Labute approximate surface area is 58.6 Å². The molecule has 4 heteroatoms. The number of nitrogens with one attached hydrogen (secondary N) is 1. The van der Waals surface area contributed by atoms with E-state index in [0.29, 0.717) is 12.1 Å². The normalized spacial score (nSPS) is 9.70. The molecule has 0 fully saturated rings. The number of aromatic nitrogens is 3. The molecule has 0 bridgehead atoms. The van der Waals surface area contributed by atoms with E-state index in [0.717, 1.165) is 6.42 Å². The van der Waals surface area contributed by atoms with Crippen LogP contribution in [0, 0.1) is 0 Å². The van der Waals surface area contributed by atoms with Crippen LogP contribution >= 0.6 is 0 Å². The predicted molar refractivity (Wildman–Crippen MR) is 35.6 cm³/mol. The summed E-state index contributed by atoms with van der Waals surface area (Å²) in [5.41, 5.74) is 0.432. The molecule has 1 aromatic heterocycles. The van der Waals surface area contributed by atoms with Gasteiger partial charge in [0, 0.05) is 6.42 Å². The van der Waals surface area contributed by atoms with E-state index >= 15 is 0 Å². The van der Waals surface area contributed by atoms with Crippen LogP contribution in [-0.4, -0.2) is 21.2 Å². The first kappa shape index (κ1) is 6.92. The number of nitrogens with zero attached hydrogens (tertiary/aromatic N) is 2. The summed E-state index contributed by atoms with van der Waals surface area (Å²) in [4.78, 5) is 11.0. The molecule has 1 heterocycles. The minimum absolute atomic E-state index is 0.0521. The van der Waals surface area contributed by atoms with Crippen molar-refractivity contribution >= 4 is 5.78 Å². The SMILES string of the molecule is CCCC(=O)c1c[nH]nn1. The third-order valence-electron chi connectivity index (χ3n) is 1.18. The third kappa shape index (κ3) is 1.40. The van der Waals surface area contributed by atoms with E-state index in [9.17, 15) is 4.79 Å². The molecule has 0 unspecified atom stereocenters. The molecule has 0 aliphatic heterocycles. The molecule has 0 amide bonds. The lowest BCUT2D eigenvalue weighted by atomic mass is 10.2. The summed E-state index contributed by atoms with van der Waals surface area (Å²) in [6.45, 7) is 1.96. The van der Waals surface area contributed by atoms with Gasteiger partial charge >= 0.3 is 0 Å². The average Bonchev–Trinajstić information content (AvgIpc) is 2.38. The monoisotopic (exact) mass is 139 g/mol. The molecule has 0 aliphatic rings. The van der Waals surface area contributed by atoms with Crippen LogP contribution in [-0.2, 0) is 0 Å². The highest BCUT2D eigenvalue weighted by molar-refractivity contribution is 5.93. The molecule has 0 aliphatic carbocycles. The molecule has 0 aromatic carbocycles. The maximum atomic E-state index is 11.0. The van der Waals surface area contributed by atoms with Crippen molar-refractivity contribution in [1.82, 2.24) is 15.4 Å². The summed E-state index contributed by atoms with van der Waals surface area (Å²) in [5.74, 6) is 0.0521. The van der Waals surface area contributed by atoms with Gasteiger partial charge < -0.3 is 0 Å². The minimum atomic E-state index is 0.0521. The summed E-state index contributed by atoms with van der Waals surface area (Å²) in [6.07, 6.45) is 2.91. The van der Waals surface area contributed by atoms with Gasteiger partial charge in [0.25, 0.3) is 0 Å². The summed E-state index contributed by atoms with van der Waals surface area (Å²) < 4.78 is 0. The lowest BCUT2D eigenvalue weighted by Gasteiger charge is -1.88. The number of aromatic amines is 1. The Bertz CT molecular complexity index is 205. The van der Waals surface area contributed by atoms with Gasteiger partial charge in [0.1, 0.15) is 5.69 Å². The Kier molecular flexibility index (Phi) is 2.15. The smallest absolute Gasteiger partial charge is 0.184 e. The molecule has 0 saturated heterocycles. The number of Topliss-reactive ketones (excluding diaryl/α,β-unsaturated/α-hetero) is 1. The van der Waals surface area contributed by atoms with Crippen molar-refractivity contribution in [3.8, 4) is 0 Å². The van der Waals surface area contributed by atoms with Crippen LogP contribution in [0.15, 0.2) is 6.20 Å². The van der Waals surface area contributed by atoms with Crippen molar-refractivity contribution in [3.05, 3.63) is 11.9 Å². The van der Waals surface area contributed by atoms with Gasteiger partial charge in [0.15, 0.2) is 5.78 Å². The van der Waals surface area contributed by atoms with Gasteiger partial charge in [-0.3, -0.25) is 9.89 Å². The molecule has 1 aromatic rings. The molecular weight excluding hydrogens is 130 g/mol. The minimum Gasteiger partial charge on any atom is -0.292 e. The second-order valence-electron chi connectivity index (χ2n) is 2.03. The van der Waals surface area contributed by atoms with Crippen LogP contribution in [0.5, 0.6) is 0 Å². The van der Waals surface area contributed by atoms with E-state index in [1.165, 1.54) is 6.20 Å². The first-order chi connectivity index (χ1) is 4.84. The molecule has 1 N–H and O–H groups in total. The van der Waals surface area contributed by atoms with Gasteiger partial charge in [-0.15, -0.1) is 5.10 Å². The first-order valence-corrected chi connectivity index (χ1v) is 3.24. The van der Waals surface area contributed by atoms with Gasteiger partial charge in [0.2, 0.25) is 0 Å². The summed E-state index contributed by atoms with van der Waals surface area (Å²) in [6, 6.07) is 0. The van der Waals surface area contributed by atoms with E-state index in [4.69, 9.17) is 0 Å². The van der Waals surface area contributed by atoms with Crippen molar-refractivity contribution in [3.63, 3.8) is 0 Å². The van der Waals surface area contributed by atoms with Gasteiger partial charge in [-0.2, -0.15) is 0 Å². The van der Waals surface area contributed by atoms with Crippen molar-refractivity contribution in [2.45, 2.75) is 19.8 Å². The van der Waals surface area contributed by atoms with E-state index < -0.39 is 0 Å². The maximum Gasteiger partial charge on any atom is 0.184 e. The van der Waals surface area contributed by atoms with Crippen molar-refractivity contribution in [2.75, 3.05) is 0 Å². The van der Waals surface area contributed by atoms with Gasteiger partial charge in [-0.05, 0) is 6.42 Å². The number of H-pyrrole nitrogens is 1. The molecular formula is C6H9N3O. The van der Waals surface area contributed by atoms with E-state index in [1.807, 2.05) is 6.92 Å². The molecule has 54 valence electrons. The van der Waals surface area contributed by atoms with Gasteiger partial charge in [-0.1, -0.05) is 12.1 Å². The summed E-state index contributed by atoms with van der Waals surface area (Å²) >= 11 is 0. The standard InChI is InChI=1S/C6H9N3O/c1-2-3-6(10)5-4-7-9-8-5/h4H,2-3H2,1H3,(H,7,8,9). The fourth-order valence-corrected chi connectivity index (χ4v) is 0.693. The molecule has 0 spiro atoms. The summed E-state index contributed by atoms with van der Waals surface area (Å²) in [5, 5.41) is 9.50. The number of hydrogen-bond acceptors (Lipinski definition) is 3. The first-order valence-electron chi connectivity index (χ1n) is 3.24. The lowest BCUT2D eigenvalue weighted by molar-refractivity contribution is 0.0977. The van der Waals surface area contributed by atoms with Gasteiger partial charge in [0.05, 0.1) is 6.20 Å². The second kappa shape index (κ2) is 3.10. The Hall–Kier alpha value is -1.19. The van der Waals surface area contributed by atoms with E-state index in [1.54, 1.807) is 0 Å². The highest BCUT2D eigenvalue weighted by Gasteiger charge is 2.05. The number of hydrogen-bond donors (Lipinski definition) is 1. The highest BCUT2D eigenvalue weighted by atomic mass is 16.1. The molecule has 10 heavy (non-hydrogen) atoms. The fraction of sp³-hybridized carbons (Fsp3) is 0.500. The average molecular weight is 139 g/mol. The molecule has 1 rings (SSSR count). The van der Waals surface area contributed by atoms with Crippen LogP contribution < -0.4 is 0 Å². The lowest BCUT2D eigenvalue weighted by Crippen LogP contribution is -1.97. The van der Waals surface area contributed by atoms with Crippen LogP contribution in [0.4, 0.5) is 0 Å². The van der Waals surface area contributed by atoms with Crippen LogP contribution in [0.25, 0.3) is 0 Å². The Morgan fingerprint density at radius 3 is 3.10 bits per heavy atom. The van der Waals surface area contributed by atoms with Crippen LogP contribution in [0.1, 0.15) is 30.3 Å². The zero-order valence-corrected chi connectivity index (χ0v) is 5.79. The van der Waals surface area contributed by atoms with Crippen molar-refractivity contribution in [1.29, 1.82) is 0 Å². The van der Waals surface area contributed by atoms with Crippen molar-refractivity contribution < 1.29 is 4.79 Å². The fourth-order valence-electron chi connectivity index (χ4n) is 0.693. The zero-order chi connectivity index (χ0) is 7.40. The molecule has 0 saturated carbocycles. The Morgan fingerprint density at radius 2 is 2.60 bits per heavy atom. The second-order valence-corrected chi connectivity index (χ2v) is 2.03. The van der Waals surface area contributed by atoms with Crippen LogP contribution in [0.3, 0.4) is 0 Å². The topological polar surface area (TPSA) is 58.6 Å². The maximum absolute atomic E-state index is 11.0. The number of carbonyl (C=O) groups is 1. The van der Waals surface area contributed by atoms with E-state index in [-0.39, 0.29) is 5.78 Å². The predicted octanol–water partition coefficient (Wildman–Crippen LogP) is 0.787. The quantitative estimate of drug-likeness (QED) is 0.630. The van der Waals surface area contributed by atoms with Gasteiger partial charge in [-0.25, -0.2) is 0 Å². The molecule has 4 nitrogen and oxygen atoms in total. The Balaban J connectivity index is 2.59. The molecule has 0 radical (unpaired) electrons. The zero-order valence-electron chi connectivity index (χ0n) is 5.79. The number of ketones is 1. The third-order valence-corrected chi connectivity index (χ3v) is 1.18. The highest BCUT2D eigenvalue weighted by Crippen LogP contribution is 1.97. The van der Waals surface area contributed by atoms with Crippen molar-refractivity contribution in [2.24, 2.45) is 0 Å².